The molecule has 49 heavy (non-hydrogen) atoms. The molecule has 0 rings (SSSR count). The number of hydrogen-bond acceptors (Lipinski definition) is 5. The van der Waals surface area contributed by atoms with Gasteiger partial charge in [0.1, 0.15) is 6.10 Å². The Hall–Kier alpha value is -1.14. The number of hydrogen-bond donors (Lipinski definition) is 1. The fraction of sp³-hybridized carbons (Fsp3) is 0.953. The molecule has 6 nitrogen and oxygen atoms in total. The van der Waals surface area contributed by atoms with E-state index in [4.69, 9.17) is 4.74 Å². The molecule has 292 valence electrons. The average Bonchev–Trinajstić information content (AvgIpc) is 3.09. The summed E-state index contributed by atoms with van der Waals surface area (Å²) >= 11 is 0. The smallest absolute Gasteiger partial charge is 0.306 e. The van der Waals surface area contributed by atoms with Crippen LogP contribution in [0.1, 0.15) is 220 Å². The van der Waals surface area contributed by atoms with Crippen molar-refractivity contribution < 1.29 is 19.4 Å². The molecule has 0 aromatic carbocycles. The normalized spacial score (nSPS) is 12.1. The van der Waals surface area contributed by atoms with E-state index in [1.54, 1.807) is 0 Å². The molecule has 6 heteroatoms. The van der Waals surface area contributed by atoms with Crippen LogP contribution >= 0.6 is 0 Å². The van der Waals surface area contributed by atoms with E-state index in [1.807, 2.05) is 11.9 Å². The lowest BCUT2D eigenvalue weighted by molar-refractivity contribution is -0.150. The number of aliphatic hydroxyl groups excluding tert-OH is 1. The second-order valence-corrected chi connectivity index (χ2v) is 15.1. The van der Waals surface area contributed by atoms with Crippen molar-refractivity contribution in [1.29, 1.82) is 0 Å². The second kappa shape index (κ2) is 38.1. The van der Waals surface area contributed by atoms with Crippen LogP contribution in [0.15, 0.2) is 0 Å². The van der Waals surface area contributed by atoms with Crippen LogP contribution in [-0.4, -0.2) is 72.7 Å². The molecule has 1 amide bonds. The van der Waals surface area contributed by atoms with Crippen LogP contribution in [0, 0.1) is 0 Å². The molecule has 1 atom stereocenters. The summed E-state index contributed by atoms with van der Waals surface area (Å²) in [5, 5.41) is 9.55. The van der Waals surface area contributed by atoms with E-state index < -0.39 is 0 Å². The predicted octanol–water partition coefficient (Wildman–Crippen LogP) is 11.8. The van der Waals surface area contributed by atoms with E-state index in [0.29, 0.717) is 18.7 Å². The lowest BCUT2D eigenvalue weighted by Gasteiger charge is -2.21. The summed E-state index contributed by atoms with van der Waals surface area (Å²) in [5.74, 6) is 0.319. The minimum atomic E-state index is 0.0149. The molecule has 0 saturated carbocycles. The lowest BCUT2D eigenvalue weighted by Crippen LogP contribution is -2.29. The number of ether oxygens (including phenoxy) is 1. The van der Waals surface area contributed by atoms with Gasteiger partial charge in [0, 0.05) is 33.0 Å². The summed E-state index contributed by atoms with van der Waals surface area (Å²) in [6.45, 7) is 10.7. The maximum absolute atomic E-state index is 12.7. The average molecular weight is 695 g/mol. The van der Waals surface area contributed by atoms with Gasteiger partial charge in [-0.25, -0.2) is 0 Å². The van der Waals surface area contributed by atoms with Gasteiger partial charge in [0.15, 0.2) is 0 Å². The molecule has 0 bridgehead atoms. The molecule has 0 aromatic rings. The first-order valence-corrected chi connectivity index (χ1v) is 21.7. The first-order valence-electron chi connectivity index (χ1n) is 21.7. The van der Waals surface area contributed by atoms with Gasteiger partial charge >= 0.3 is 5.97 Å². The topological polar surface area (TPSA) is 70.1 Å². The van der Waals surface area contributed by atoms with E-state index in [2.05, 4.69) is 25.7 Å². The number of carbonyl (C=O) groups excluding carboxylic acids is 2. The number of carbonyl (C=O) groups is 2. The third-order valence-electron chi connectivity index (χ3n) is 10.2. The molecule has 1 N–H and O–H groups in total. The highest BCUT2D eigenvalue weighted by Gasteiger charge is 2.14. The van der Waals surface area contributed by atoms with Gasteiger partial charge in [-0.15, -0.1) is 0 Å². The maximum atomic E-state index is 12.7. The number of rotatable bonds is 39. The fourth-order valence-corrected chi connectivity index (χ4v) is 6.83. The lowest BCUT2D eigenvalue weighted by atomic mass is 10.0. The first kappa shape index (κ1) is 47.9. The summed E-state index contributed by atoms with van der Waals surface area (Å²) in [6, 6.07) is 0. The van der Waals surface area contributed by atoms with Gasteiger partial charge in [-0.2, -0.15) is 0 Å². The van der Waals surface area contributed by atoms with E-state index in [9.17, 15) is 14.7 Å². The standard InChI is InChI=1S/C43H86N2O4/c1-5-8-11-14-19-26-33-41(32-25-18-13-10-7-3)49-43(48)35-28-21-17-24-31-38-45(39-40-46)37-30-23-16-20-27-34-42(47)44(4)36-29-22-15-12-9-6-2/h41,46H,5-40H2,1-4H3. The third-order valence-corrected chi connectivity index (χ3v) is 10.2. The van der Waals surface area contributed by atoms with Crippen molar-refractivity contribution in [2.45, 2.75) is 226 Å². The van der Waals surface area contributed by atoms with E-state index in [-0.39, 0.29) is 18.7 Å². The van der Waals surface area contributed by atoms with Gasteiger partial charge < -0.3 is 19.6 Å². The summed E-state index contributed by atoms with van der Waals surface area (Å²) in [5.41, 5.74) is 0. The molecular weight excluding hydrogens is 608 g/mol. The first-order chi connectivity index (χ1) is 24.0. The Labute approximate surface area is 306 Å². The number of esters is 1. The van der Waals surface area contributed by atoms with Crippen molar-refractivity contribution in [3.63, 3.8) is 0 Å². The molecule has 0 aliphatic rings. The van der Waals surface area contributed by atoms with Crippen LogP contribution in [-0.2, 0) is 14.3 Å². The fourth-order valence-electron chi connectivity index (χ4n) is 6.83. The summed E-state index contributed by atoms with van der Waals surface area (Å²) < 4.78 is 6.00. The molecule has 0 aliphatic carbocycles. The zero-order chi connectivity index (χ0) is 36.0. The van der Waals surface area contributed by atoms with Crippen LogP contribution < -0.4 is 0 Å². The highest BCUT2D eigenvalue weighted by molar-refractivity contribution is 5.75. The molecular formula is C43H86N2O4. The molecule has 0 saturated heterocycles. The number of unbranched alkanes of at least 4 members (excludes halogenated alkanes) is 22. The molecule has 0 spiro atoms. The maximum Gasteiger partial charge on any atom is 0.306 e. The Morgan fingerprint density at radius 1 is 0.490 bits per heavy atom. The minimum absolute atomic E-state index is 0.0149. The second-order valence-electron chi connectivity index (χ2n) is 15.1. The van der Waals surface area contributed by atoms with Crippen molar-refractivity contribution >= 4 is 11.9 Å². The van der Waals surface area contributed by atoms with Crippen LogP contribution in [0.5, 0.6) is 0 Å². The Kier molecular flexibility index (Phi) is 37.2. The Balaban J connectivity index is 3.99. The van der Waals surface area contributed by atoms with Crippen LogP contribution in [0.4, 0.5) is 0 Å². The quantitative estimate of drug-likeness (QED) is 0.0512. The monoisotopic (exact) mass is 695 g/mol. The van der Waals surface area contributed by atoms with Crippen molar-refractivity contribution in [2.75, 3.05) is 39.8 Å². The molecule has 0 heterocycles. The van der Waals surface area contributed by atoms with Gasteiger partial charge in [0.05, 0.1) is 6.61 Å². The SMILES string of the molecule is CCCCCCCCC(CCCCCCC)OC(=O)CCCCCCCN(CCO)CCCCCCCC(=O)N(C)CCCCCCCC. The van der Waals surface area contributed by atoms with E-state index in [1.165, 1.54) is 122 Å². The highest BCUT2D eigenvalue weighted by Crippen LogP contribution is 2.18. The highest BCUT2D eigenvalue weighted by atomic mass is 16.5. The molecule has 0 fully saturated rings. The minimum Gasteiger partial charge on any atom is -0.462 e. The van der Waals surface area contributed by atoms with Gasteiger partial charge in [-0.05, 0) is 70.9 Å². The number of aliphatic hydroxyl groups is 1. The van der Waals surface area contributed by atoms with Crippen LogP contribution in [0.2, 0.25) is 0 Å². The zero-order valence-electron chi connectivity index (χ0n) is 33.6. The predicted molar refractivity (Wildman–Crippen MR) is 211 cm³/mol. The molecule has 0 aromatic heterocycles. The van der Waals surface area contributed by atoms with Crippen molar-refractivity contribution in [1.82, 2.24) is 9.80 Å². The Morgan fingerprint density at radius 3 is 1.35 bits per heavy atom. The summed E-state index contributed by atoms with van der Waals surface area (Å²) in [7, 11) is 1.96. The van der Waals surface area contributed by atoms with Crippen LogP contribution in [0.25, 0.3) is 0 Å². The van der Waals surface area contributed by atoms with Gasteiger partial charge in [-0.1, -0.05) is 149 Å². The third kappa shape index (κ3) is 33.7. The Morgan fingerprint density at radius 2 is 0.878 bits per heavy atom. The summed E-state index contributed by atoms with van der Waals surface area (Å²) in [4.78, 5) is 29.4. The molecule has 0 aliphatic heterocycles. The van der Waals surface area contributed by atoms with E-state index >= 15 is 0 Å². The van der Waals surface area contributed by atoms with E-state index in [0.717, 1.165) is 90.4 Å². The molecule has 1 unspecified atom stereocenters. The summed E-state index contributed by atoms with van der Waals surface area (Å²) in [6.07, 6.45) is 36.2. The number of nitrogens with zero attached hydrogens (tertiary/aromatic N) is 2. The molecule has 0 radical (unpaired) electrons. The Bertz CT molecular complexity index is 703. The van der Waals surface area contributed by atoms with Crippen molar-refractivity contribution in [2.24, 2.45) is 0 Å². The van der Waals surface area contributed by atoms with Gasteiger partial charge in [-0.3, -0.25) is 9.59 Å². The number of amides is 1. The van der Waals surface area contributed by atoms with Gasteiger partial charge in [0.2, 0.25) is 5.91 Å². The van der Waals surface area contributed by atoms with Crippen molar-refractivity contribution in [3.8, 4) is 0 Å². The van der Waals surface area contributed by atoms with Crippen molar-refractivity contribution in [3.05, 3.63) is 0 Å². The largest absolute Gasteiger partial charge is 0.462 e. The van der Waals surface area contributed by atoms with Gasteiger partial charge in [0.25, 0.3) is 0 Å². The van der Waals surface area contributed by atoms with Crippen LogP contribution in [0.3, 0.4) is 0 Å². The zero-order valence-corrected chi connectivity index (χ0v) is 33.6.